The van der Waals surface area contributed by atoms with Crippen molar-refractivity contribution in [2.24, 2.45) is 0 Å². The average molecular weight is 209 g/mol. The number of nitrogens with one attached hydrogen (secondary N) is 1. The lowest BCUT2D eigenvalue weighted by Gasteiger charge is -2.31. The fourth-order valence-corrected chi connectivity index (χ4v) is 2.46. The number of nitrogen functional groups attached to an aromatic ring is 1. The van der Waals surface area contributed by atoms with E-state index in [2.05, 4.69) is 24.0 Å². The van der Waals surface area contributed by atoms with Gasteiger partial charge in [-0.3, -0.25) is 5.10 Å². The topological polar surface area (TPSA) is 63.9 Å². The van der Waals surface area contributed by atoms with E-state index in [-0.39, 0.29) is 0 Å². The molecule has 0 aliphatic carbocycles. The minimum absolute atomic E-state index is 0.322. The van der Waals surface area contributed by atoms with Crippen LogP contribution in [0.15, 0.2) is 0 Å². The van der Waals surface area contributed by atoms with E-state index < -0.39 is 0 Å². The molecule has 2 heterocycles. The van der Waals surface area contributed by atoms with E-state index in [1.807, 2.05) is 6.92 Å². The van der Waals surface area contributed by atoms with Gasteiger partial charge in [0.15, 0.2) is 0 Å². The Morgan fingerprint density at radius 2 is 1.93 bits per heavy atom. The van der Waals surface area contributed by atoms with Gasteiger partial charge in [0.2, 0.25) is 0 Å². The van der Waals surface area contributed by atoms with Crippen LogP contribution >= 0.6 is 0 Å². The number of anilines is 1. The van der Waals surface area contributed by atoms with Crippen LogP contribution in [0.2, 0.25) is 0 Å². The summed E-state index contributed by atoms with van der Waals surface area (Å²) in [5, 5.41) is 7.11. The molecule has 2 rings (SSSR count). The molecule has 0 amide bonds. The Morgan fingerprint density at radius 3 is 2.40 bits per heavy atom. The Hall–Kier alpha value is -1.03. The number of hydrogen-bond acceptors (Lipinski definition) is 3. The molecular weight excluding hydrogens is 190 g/mol. The first kappa shape index (κ1) is 10.5. The maximum absolute atomic E-state index is 5.74. The van der Waals surface area contributed by atoms with Crippen molar-refractivity contribution in [1.82, 2.24) is 10.2 Å². The van der Waals surface area contributed by atoms with Crippen LogP contribution < -0.4 is 5.73 Å². The molecule has 0 spiro atoms. The second kappa shape index (κ2) is 3.85. The molecule has 0 saturated carbocycles. The van der Waals surface area contributed by atoms with E-state index >= 15 is 0 Å². The van der Waals surface area contributed by atoms with Crippen LogP contribution in [0, 0.1) is 6.92 Å². The summed E-state index contributed by atoms with van der Waals surface area (Å²) in [7, 11) is 0. The smallest absolute Gasteiger partial charge is 0.148 e. The normalized spacial score (nSPS) is 31.8. The van der Waals surface area contributed by atoms with Crippen LogP contribution in [0.3, 0.4) is 0 Å². The Labute approximate surface area is 90.2 Å². The van der Waals surface area contributed by atoms with E-state index in [0.717, 1.165) is 18.4 Å². The zero-order valence-corrected chi connectivity index (χ0v) is 9.58. The summed E-state index contributed by atoms with van der Waals surface area (Å²) >= 11 is 0. The zero-order valence-electron chi connectivity index (χ0n) is 9.58. The Bertz CT molecular complexity index is 338. The van der Waals surface area contributed by atoms with Crippen molar-refractivity contribution >= 4 is 5.82 Å². The Morgan fingerprint density at radius 1 is 1.33 bits per heavy atom. The van der Waals surface area contributed by atoms with Gasteiger partial charge in [0.1, 0.15) is 5.82 Å². The van der Waals surface area contributed by atoms with Gasteiger partial charge in [0.05, 0.1) is 12.2 Å². The van der Waals surface area contributed by atoms with Crippen LogP contribution in [0.1, 0.15) is 43.9 Å². The molecule has 1 unspecified atom stereocenters. The van der Waals surface area contributed by atoms with Crippen molar-refractivity contribution in [2.75, 3.05) is 5.73 Å². The van der Waals surface area contributed by atoms with Crippen molar-refractivity contribution in [1.29, 1.82) is 0 Å². The summed E-state index contributed by atoms with van der Waals surface area (Å²) in [6, 6.07) is 0. The highest BCUT2D eigenvalue weighted by atomic mass is 16.5. The molecule has 4 nitrogen and oxygen atoms in total. The number of ether oxygens (including phenoxy) is 1. The molecule has 1 aromatic heterocycles. The summed E-state index contributed by atoms with van der Waals surface area (Å²) in [4.78, 5) is 0. The van der Waals surface area contributed by atoms with Crippen LogP contribution in [-0.2, 0) is 4.74 Å². The molecule has 3 atom stereocenters. The number of hydrogen-bond donors (Lipinski definition) is 2. The number of nitrogens with two attached hydrogens (primary N) is 1. The lowest BCUT2D eigenvalue weighted by molar-refractivity contribution is -0.0386. The van der Waals surface area contributed by atoms with Gasteiger partial charge in [-0.05, 0) is 33.6 Å². The summed E-state index contributed by atoms with van der Waals surface area (Å²) in [5.74, 6) is 1.13. The second-order valence-electron chi connectivity index (χ2n) is 4.57. The molecule has 0 aromatic carbocycles. The van der Waals surface area contributed by atoms with Gasteiger partial charge in [-0.15, -0.1) is 0 Å². The van der Waals surface area contributed by atoms with Crippen molar-refractivity contribution in [2.45, 2.75) is 51.7 Å². The van der Waals surface area contributed by atoms with Gasteiger partial charge < -0.3 is 10.5 Å². The molecule has 1 fully saturated rings. The molecule has 4 heteroatoms. The van der Waals surface area contributed by atoms with Gasteiger partial charge in [-0.1, -0.05) is 0 Å². The first-order valence-corrected chi connectivity index (χ1v) is 5.53. The standard InChI is InChI=1S/C11H19N3O/c1-6-4-9(5-7(2)15-6)10-8(3)11(12)14-13-10/h6-7,9H,4-5H2,1-3H3,(H3,12,13,14)/t6-,7+,9?. The minimum atomic E-state index is 0.322. The summed E-state index contributed by atoms with van der Waals surface area (Å²) in [5.41, 5.74) is 8.03. The maximum Gasteiger partial charge on any atom is 0.148 e. The van der Waals surface area contributed by atoms with Gasteiger partial charge in [0, 0.05) is 17.2 Å². The van der Waals surface area contributed by atoms with Crippen molar-refractivity contribution in [3.05, 3.63) is 11.3 Å². The molecule has 1 aliphatic heterocycles. The average Bonchev–Trinajstić information content (AvgIpc) is 2.46. The van der Waals surface area contributed by atoms with E-state index in [0.29, 0.717) is 23.9 Å². The molecule has 84 valence electrons. The third kappa shape index (κ3) is 2.00. The fraction of sp³-hybridized carbons (Fsp3) is 0.727. The molecule has 0 radical (unpaired) electrons. The van der Waals surface area contributed by atoms with E-state index in [4.69, 9.17) is 10.5 Å². The number of aromatic nitrogens is 2. The van der Waals surface area contributed by atoms with Crippen molar-refractivity contribution < 1.29 is 4.74 Å². The molecule has 1 aliphatic rings. The summed E-state index contributed by atoms with van der Waals surface area (Å²) in [6.07, 6.45) is 2.74. The third-order valence-corrected chi connectivity index (χ3v) is 3.19. The van der Waals surface area contributed by atoms with Crippen LogP contribution in [0.4, 0.5) is 5.82 Å². The van der Waals surface area contributed by atoms with Gasteiger partial charge in [-0.25, -0.2) is 0 Å². The largest absolute Gasteiger partial charge is 0.382 e. The van der Waals surface area contributed by atoms with Crippen LogP contribution in [0.25, 0.3) is 0 Å². The molecule has 1 saturated heterocycles. The molecule has 15 heavy (non-hydrogen) atoms. The molecule has 0 bridgehead atoms. The first-order valence-electron chi connectivity index (χ1n) is 5.53. The molecule has 3 N–H and O–H groups in total. The molecular formula is C11H19N3O. The Kier molecular flexibility index (Phi) is 2.69. The van der Waals surface area contributed by atoms with Crippen LogP contribution in [0.5, 0.6) is 0 Å². The molecule has 1 aromatic rings. The maximum atomic E-state index is 5.74. The van der Waals surface area contributed by atoms with E-state index in [1.165, 1.54) is 5.69 Å². The predicted octanol–water partition coefficient (Wildman–Crippen LogP) is 1.97. The van der Waals surface area contributed by atoms with E-state index in [1.54, 1.807) is 0 Å². The highest BCUT2D eigenvalue weighted by molar-refractivity contribution is 5.42. The highest BCUT2D eigenvalue weighted by Gasteiger charge is 2.28. The fourth-order valence-electron chi connectivity index (χ4n) is 2.46. The number of aromatic amines is 1. The van der Waals surface area contributed by atoms with Crippen LogP contribution in [-0.4, -0.2) is 22.4 Å². The number of nitrogens with zero attached hydrogens (tertiary/aromatic N) is 1. The summed E-state index contributed by atoms with van der Waals surface area (Å²) < 4.78 is 5.72. The van der Waals surface area contributed by atoms with Gasteiger partial charge in [-0.2, -0.15) is 5.10 Å². The first-order chi connectivity index (χ1) is 7.08. The van der Waals surface area contributed by atoms with E-state index in [9.17, 15) is 0 Å². The quantitative estimate of drug-likeness (QED) is 0.743. The summed E-state index contributed by atoms with van der Waals surface area (Å²) in [6.45, 7) is 6.27. The van der Waals surface area contributed by atoms with Gasteiger partial charge >= 0.3 is 0 Å². The van der Waals surface area contributed by atoms with Crippen molar-refractivity contribution in [3.63, 3.8) is 0 Å². The monoisotopic (exact) mass is 209 g/mol. The zero-order chi connectivity index (χ0) is 11.0. The third-order valence-electron chi connectivity index (χ3n) is 3.19. The predicted molar refractivity (Wildman–Crippen MR) is 59.7 cm³/mol. The number of rotatable bonds is 1. The lowest BCUT2D eigenvalue weighted by atomic mass is 9.88. The van der Waals surface area contributed by atoms with Crippen molar-refractivity contribution in [3.8, 4) is 0 Å². The highest BCUT2D eigenvalue weighted by Crippen LogP contribution is 2.34. The number of H-pyrrole nitrogens is 1. The minimum Gasteiger partial charge on any atom is -0.382 e. The Balaban J connectivity index is 2.20. The lowest BCUT2D eigenvalue weighted by Crippen LogP contribution is -2.28. The second-order valence-corrected chi connectivity index (χ2v) is 4.57. The SMILES string of the molecule is Cc1c(N)n[nH]c1C1C[C@@H](C)O[C@@H](C)C1. The van der Waals surface area contributed by atoms with Gasteiger partial charge in [0.25, 0.3) is 0 Å².